The van der Waals surface area contributed by atoms with Gasteiger partial charge in [-0.25, -0.2) is 0 Å². The standard InChI is InChI=1S/C24H28N4O7/c1-22(2,19(30)31)28-12-23(20(32)33)16(14-8-4-6-10-25-14)27(3)17(15-9-5-7-11-26-15)24(13-28,18(23)29)21(34)35/h4-11,16-18,29H,12-13H2,1-3H3,(H,30,31)(H,32,33)(H,34,35)/t16-,17+,18?,23?,24?. The molecular formula is C24H28N4O7. The zero-order valence-corrected chi connectivity index (χ0v) is 19.6. The molecule has 2 saturated heterocycles. The molecule has 2 bridgehead atoms. The van der Waals surface area contributed by atoms with E-state index in [2.05, 4.69) is 9.97 Å². The summed E-state index contributed by atoms with van der Waals surface area (Å²) in [5.41, 5.74) is -5.23. The maximum Gasteiger partial charge on any atom is 0.323 e. The van der Waals surface area contributed by atoms with Crippen LogP contribution in [0.25, 0.3) is 0 Å². The Kier molecular flexibility index (Phi) is 5.90. The van der Waals surface area contributed by atoms with Crippen LogP contribution < -0.4 is 0 Å². The highest BCUT2D eigenvalue weighted by atomic mass is 16.4. The van der Waals surface area contributed by atoms with Crippen LogP contribution in [-0.4, -0.2) is 89.9 Å². The van der Waals surface area contributed by atoms with E-state index >= 15 is 0 Å². The zero-order chi connectivity index (χ0) is 25.8. The van der Waals surface area contributed by atoms with E-state index in [0.717, 1.165) is 0 Å². The van der Waals surface area contributed by atoms with Crippen molar-refractivity contribution in [2.45, 2.75) is 37.6 Å². The molecule has 186 valence electrons. The minimum atomic E-state index is -2.11. The molecule has 0 aromatic carbocycles. The Morgan fingerprint density at radius 3 is 1.63 bits per heavy atom. The third-order valence-corrected chi connectivity index (χ3v) is 7.72. The number of carboxylic acids is 3. The van der Waals surface area contributed by atoms with Crippen LogP contribution in [-0.2, 0) is 14.4 Å². The van der Waals surface area contributed by atoms with Gasteiger partial charge >= 0.3 is 17.9 Å². The lowest BCUT2D eigenvalue weighted by atomic mass is 9.53. The Balaban J connectivity index is 2.09. The van der Waals surface area contributed by atoms with E-state index < -0.39 is 65.6 Å². The molecule has 0 radical (unpaired) electrons. The van der Waals surface area contributed by atoms with Gasteiger partial charge < -0.3 is 20.4 Å². The van der Waals surface area contributed by atoms with Gasteiger partial charge in [0.2, 0.25) is 0 Å². The van der Waals surface area contributed by atoms with Crippen LogP contribution in [0.5, 0.6) is 0 Å². The third kappa shape index (κ3) is 3.33. The van der Waals surface area contributed by atoms with E-state index in [0.29, 0.717) is 11.4 Å². The molecular weight excluding hydrogens is 456 g/mol. The van der Waals surface area contributed by atoms with Crippen molar-refractivity contribution < 1.29 is 34.8 Å². The normalized spacial score (nSPS) is 31.6. The summed E-state index contributed by atoms with van der Waals surface area (Å²) in [6, 6.07) is 7.71. The molecule has 11 nitrogen and oxygen atoms in total. The van der Waals surface area contributed by atoms with Crippen LogP contribution >= 0.6 is 0 Å². The second-order valence-electron chi connectivity index (χ2n) is 9.79. The Morgan fingerprint density at radius 1 is 0.886 bits per heavy atom. The third-order valence-electron chi connectivity index (χ3n) is 7.72. The van der Waals surface area contributed by atoms with Crippen molar-refractivity contribution in [3.8, 4) is 0 Å². The molecule has 2 aliphatic heterocycles. The summed E-state index contributed by atoms with van der Waals surface area (Å²) < 4.78 is 0. The molecule has 4 rings (SSSR count). The van der Waals surface area contributed by atoms with Gasteiger partial charge in [-0.05, 0) is 45.2 Å². The van der Waals surface area contributed by atoms with Crippen molar-refractivity contribution >= 4 is 17.9 Å². The molecule has 4 heterocycles. The Morgan fingerprint density at radius 2 is 1.31 bits per heavy atom. The number of hydrogen-bond acceptors (Lipinski definition) is 8. The minimum Gasteiger partial charge on any atom is -0.481 e. The van der Waals surface area contributed by atoms with Crippen LogP contribution in [0.3, 0.4) is 0 Å². The quantitative estimate of drug-likeness (QED) is 0.460. The maximum absolute atomic E-state index is 13.1. The van der Waals surface area contributed by atoms with Gasteiger partial charge in [0.1, 0.15) is 16.4 Å². The minimum absolute atomic E-state index is 0.311. The number of nitrogens with zero attached hydrogens (tertiary/aromatic N) is 4. The number of aromatic nitrogens is 2. The van der Waals surface area contributed by atoms with Crippen molar-refractivity contribution in [1.29, 1.82) is 0 Å². The number of aliphatic carboxylic acids is 3. The molecule has 0 aliphatic carbocycles. The largest absolute Gasteiger partial charge is 0.481 e. The highest BCUT2D eigenvalue weighted by Crippen LogP contribution is 2.62. The molecule has 2 aromatic heterocycles. The molecule has 0 saturated carbocycles. The first-order valence-corrected chi connectivity index (χ1v) is 11.1. The topological polar surface area (TPSA) is 164 Å². The Bertz CT molecular complexity index is 1070. The molecule has 2 aliphatic rings. The highest BCUT2D eigenvalue weighted by molar-refractivity contribution is 5.85. The van der Waals surface area contributed by atoms with Crippen LogP contribution in [0.1, 0.15) is 37.3 Å². The fourth-order valence-electron chi connectivity index (χ4n) is 5.82. The zero-order valence-electron chi connectivity index (χ0n) is 19.6. The van der Waals surface area contributed by atoms with Crippen molar-refractivity contribution in [2.24, 2.45) is 10.8 Å². The lowest BCUT2D eigenvalue weighted by Gasteiger charge is -2.65. The average Bonchev–Trinajstić information content (AvgIpc) is 2.81. The molecule has 11 heteroatoms. The van der Waals surface area contributed by atoms with Crippen molar-refractivity contribution in [2.75, 3.05) is 20.1 Å². The fourth-order valence-corrected chi connectivity index (χ4v) is 5.82. The summed E-state index contributed by atoms with van der Waals surface area (Å²) in [6.07, 6.45) is 1.09. The monoisotopic (exact) mass is 484 g/mol. The van der Waals surface area contributed by atoms with Crippen LogP contribution in [0.15, 0.2) is 48.8 Å². The summed E-state index contributed by atoms with van der Waals surface area (Å²) >= 11 is 0. The fraction of sp³-hybridized carbons (Fsp3) is 0.458. The van der Waals surface area contributed by atoms with Gasteiger partial charge in [-0.1, -0.05) is 12.1 Å². The lowest BCUT2D eigenvalue weighted by Crippen LogP contribution is -2.79. The summed E-state index contributed by atoms with van der Waals surface area (Å²) in [7, 11) is 1.60. The van der Waals surface area contributed by atoms with Gasteiger partial charge in [-0.3, -0.25) is 34.2 Å². The first kappa shape index (κ1) is 24.7. The van der Waals surface area contributed by atoms with E-state index in [-0.39, 0.29) is 0 Å². The number of carbonyl (C=O) groups is 3. The van der Waals surface area contributed by atoms with Crippen molar-refractivity contribution in [3.63, 3.8) is 0 Å². The van der Waals surface area contributed by atoms with E-state index in [9.17, 15) is 34.8 Å². The molecule has 0 spiro atoms. The van der Waals surface area contributed by atoms with Gasteiger partial charge in [0.15, 0.2) is 0 Å². The highest BCUT2D eigenvalue weighted by Gasteiger charge is 2.75. The number of aliphatic hydroxyl groups excluding tert-OH is 1. The Labute approximate surface area is 201 Å². The SMILES string of the molecule is CN1[C@@H](c2ccccn2)C2(C(=O)O)CN(C(C)(C)C(=O)O)CC(C(=O)O)(C2O)[C@H]1c1ccccn1. The number of rotatable bonds is 6. The molecule has 2 fully saturated rings. The number of aliphatic hydroxyl groups is 1. The maximum atomic E-state index is 13.1. The van der Waals surface area contributed by atoms with E-state index in [1.54, 1.807) is 48.3 Å². The average molecular weight is 485 g/mol. The predicted octanol–water partition coefficient (Wildman–Crippen LogP) is 0.886. The summed E-state index contributed by atoms with van der Waals surface area (Å²) in [6.45, 7) is 1.98. The van der Waals surface area contributed by atoms with Gasteiger partial charge in [-0.2, -0.15) is 0 Å². The number of hydrogen-bond donors (Lipinski definition) is 4. The number of pyridine rings is 2. The van der Waals surface area contributed by atoms with E-state index in [1.165, 1.54) is 31.1 Å². The van der Waals surface area contributed by atoms with Crippen LogP contribution in [0, 0.1) is 10.8 Å². The van der Waals surface area contributed by atoms with Gasteiger partial charge in [-0.15, -0.1) is 0 Å². The molecule has 4 N–H and O–H groups in total. The number of piperidine rings is 2. The first-order chi connectivity index (χ1) is 16.4. The van der Waals surface area contributed by atoms with Gasteiger partial charge in [0.25, 0.3) is 0 Å². The number of carboxylic acid groups (broad SMARTS) is 3. The summed E-state index contributed by atoms with van der Waals surface area (Å²) in [4.78, 5) is 50.0. The molecule has 0 amide bonds. The predicted molar refractivity (Wildman–Crippen MR) is 121 cm³/mol. The van der Waals surface area contributed by atoms with Crippen LogP contribution in [0.2, 0.25) is 0 Å². The Hall–Kier alpha value is -3.41. The second kappa shape index (κ2) is 8.36. The summed E-state index contributed by atoms with van der Waals surface area (Å²) in [5.74, 6) is -4.13. The first-order valence-electron chi connectivity index (χ1n) is 11.1. The van der Waals surface area contributed by atoms with Crippen LogP contribution in [0.4, 0.5) is 0 Å². The van der Waals surface area contributed by atoms with Crippen molar-refractivity contribution in [1.82, 2.24) is 19.8 Å². The molecule has 3 unspecified atom stereocenters. The lowest BCUT2D eigenvalue weighted by molar-refractivity contribution is -0.254. The van der Waals surface area contributed by atoms with Crippen molar-refractivity contribution in [3.05, 3.63) is 60.2 Å². The molecule has 2 aromatic rings. The molecule has 5 atom stereocenters. The number of likely N-dealkylation sites (tertiary alicyclic amines) is 2. The van der Waals surface area contributed by atoms with E-state index in [1.807, 2.05) is 0 Å². The van der Waals surface area contributed by atoms with Gasteiger partial charge in [0.05, 0.1) is 29.6 Å². The number of fused-ring (bicyclic) bond motifs is 2. The summed E-state index contributed by atoms with van der Waals surface area (Å²) in [5, 5.41) is 43.0. The smallest absolute Gasteiger partial charge is 0.323 e. The molecule has 35 heavy (non-hydrogen) atoms. The van der Waals surface area contributed by atoms with E-state index in [4.69, 9.17) is 0 Å². The van der Waals surface area contributed by atoms with Gasteiger partial charge in [0, 0.05) is 25.5 Å². The second-order valence-corrected chi connectivity index (χ2v) is 9.79.